The number of ether oxygens (including phenoxy) is 1. The lowest BCUT2D eigenvalue weighted by Crippen LogP contribution is -2.30. The quantitative estimate of drug-likeness (QED) is 0.612. The maximum absolute atomic E-state index is 13.4. The Morgan fingerprint density at radius 3 is 2.47 bits per heavy atom. The first-order valence-electron chi connectivity index (χ1n) is 5.59. The fourth-order valence-electron chi connectivity index (χ4n) is 1.79. The molecule has 0 atom stereocenters. The summed E-state index contributed by atoms with van der Waals surface area (Å²) in [5, 5.41) is 10.5. The van der Waals surface area contributed by atoms with Crippen molar-refractivity contribution in [2.24, 2.45) is 0 Å². The number of likely N-dealkylation sites (tertiary alicyclic amines) is 1. The summed E-state index contributed by atoms with van der Waals surface area (Å²) in [5.41, 5.74) is -0.939. The van der Waals surface area contributed by atoms with E-state index in [1.54, 1.807) is 0 Å². The van der Waals surface area contributed by atoms with Gasteiger partial charge in [-0.25, -0.2) is 9.18 Å². The number of rotatable bonds is 2. The van der Waals surface area contributed by atoms with Gasteiger partial charge in [0.2, 0.25) is 5.82 Å². The maximum atomic E-state index is 13.4. The van der Waals surface area contributed by atoms with Crippen molar-refractivity contribution in [3.63, 3.8) is 0 Å². The van der Waals surface area contributed by atoms with Gasteiger partial charge in [0.25, 0.3) is 0 Å². The molecule has 8 heteroatoms. The molecule has 1 aromatic rings. The predicted octanol–water partition coefficient (Wildman–Crippen LogP) is 2.47. The van der Waals surface area contributed by atoms with E-state index in [1.807, 2.05) is 0 Å². The number of hydrogen-bond acceptors (Lipinski definition) is 4. The number of carbonyl (C=O) groups excluding carboxylic acids is 1. The molecule has 0 N–H and O–H groups in total. The van der Waals surface area contributed by atoms with Crippen molar-refractivity contribution < 1.29 is 23.2 Å². The Balaban J connectivity index is 2.21. The molecule has 2 rings (SSSR count). The second kappa shape index (κ2) is 5.17. The monoisotopic (exact) mass is 272 g/mol. The summed E-state index contributed by atoms with van der Waals surface area (Å²) in [7, 11) is 0. The summed E-state index contributed by atoms with van der Waals surface area (Å²) in [6.07, 6.45) is 0.847. The van der Waals surface area contributed by atoms with E-state index in [-0.39, 0.29) is 0 Å². The molecule has 1 aliphatic rings. The third kappa shape index (κ3) is 2.78. The van der Waals surface area contributed by atoms with Crippen molar-refractivity contribution in [2.45, 2.75) is 12.8 Å². The second-order valence-electron chi connectivity index (χ2n) is 4.05. The predicted molar refractivity (Wildman–Crippen MR) is 59.8 cm³/mol. The van der Waals surface area contributed by atoms with Gasteiger partial charge in [-0.1, -0.05) is 0 Å². The molecule has 1 aliphatic heterocycles. The first kappa shape index (κ1) is 13.2. The van der Waals surface area contributed by atoms with Gasteiger partial charge in [-0.2, -0.15) is 4.39 Å². The molecule has 1 amide bonds. The summed E-state index contributed by atoms with van der Waals surface area (Å²) < 4.78 is 31.2. The molecule has 0 spiro atoms. The highest BCUT2D eigenvalue weighted by atomic mass is 19.1. The van der Waals surface area contributed by atoms with Crippen molar-refractivity contribution in [1.82, 2.24) is 4.90 Å². The highest BCUT2D eigenvalue weighted by molar-refractivity contribution is 5.71. The van der Waals surface area contributed by atoms with Crippen LogP contribution in [-0.4, -0.2) is 29.0 Å². The Bertz CT molecular complexity index is 530. The van der Waals surface area contributed by atoms with Crippen LogP contribution in [-0.2, 0) is 0 Å². The summed E-state index contributed by atoms with van der Waals surface area (Å²) in [6.45, 7) is 0.980. The van der Waals surface area contributed by atoms with Gasteiger partial charge in [-0.05, 0) is 12.8 Å². The van der Waals surface area contributed by atoms with Crippen LogP contribution in [0.25, 0.3) is 0 Å². The molecule has 0 saturated carbocycles. The molecule has 0 aliphatic carbocycles. The minimum atomic E-state index is -1.32. The van der Waals surface area contributed by atoms with E-state index >= 15 is 0 Å². The van der Waals surface area contributed by atoms with Gasteiger partial charge in [0.05, 0.1) is 11.0 Å². The molecular weight excluding hydrogens is 262 g/mol. The SMILES string of the molecule is O=C(Oc1cc([N+](=O)[O-])c(F)cc1F)N1CCCC1. The van der Waals surface area contributed by atoms with Gasteiger partial charge in [-0.15, -0.1) is 0 Å². The lowest BCUT2D eigenvalue weighted by Gasteiger charge is -2.14. The lowest BCUT2D eigenvalue weighted by molar-refractivity contribution is -0.387. The molecule has 102 valence electrons. The maximum Gasteiger partial charge on any atom is 0.415 e. The van der Waals surface area contributed by atoms with Crippen LogP contribution in [0.3, 0.4) is 0 Å². The Kier molecular flexibility index (Phi) is 3.59. The molecule has 0 bridgehead atoms. The minimum Gasteiger partial charge on any atom is -0.407 e. The van der Waals surface area contributed by atoms with Gasteiger partial charge >= 0.3 is 11.8 Å². The number of carbonyl (C=O) groups is 1. The van der Waals surface area contributed by atoms with Crippen LogP contribution in [0.2, 0.25) is 0 Å². The molecule has 0 aromatic heterocycles. The molecule has 1 saturated heterocycles. The summed E-state index contributed by atoms with van der Waals surface area (Å²) >= 11 is 0. The topological polar surface area (TPSA) is 72.7 Å². The van der Waals surface area contributed by atoms with Crippen LogP contribution >= 0.6 is 0 Å². The van der Waals surface area contributed by atoms with Crippen LogP contribution in [0.1, 0.15) is 12.8 Å². The molecule has 1 heterocycles. The van der Waals surface area contributed by atoms with E-state index in [9.17, 15) is 23.7 Å². The van der Waals surface area contributed by atoms with Gasteiger partial charge in [0.15, 0.2) is 11.6 Å². The largest absolute Gasteiger partial charge is 0.415 e. The number of benzene rings is 1. The number of amides is 1. The van der Waals surface area contributed by atoms with Crippen molar-refractivity contribution in [2.75, 3.05) is 13.1 Å². The molecule has 0 unspecified atom stereocenters. The van der Waals surface area contributed by atoms with E-state index in [0.29, 0.717) is 25.2 Å². The lowest BCUT2D eigenvalue weighted by atomic mass is 10.3. The normalized spacial score (nSPS) is 14.5. The average molecular weight is 272 g/mol. The number of nitro groups is 1. The van der Waals surface area contributed by atoms with Gasteiger partial charge in [0, 0.05) is 19.2 Å². The van der Waals surface area contributed by atoms with Crippen LogP contribution < -0.4 is 4.74 Å². The van der Waals surface area contributed by atoms with E-state index in [0.717, 1.165) is 12.8 Å². The number of hydrogen-bond donors (Lipinski definition) is 0. The molecule has 6 nitrogen and oxygen atoms in total. The van der Waals surface area contributed by atoms with Crippen molar-refractivity contribution in [3.8, 4) is 5.75 Å². The number of nitro benzene ring substituents is 1. The Labute approximate surface area is 106 Å². The number of halogens is 2. The third-order valence-corrected chi connectivity index (χ3v) is 2.76. The van der Waals surface area contributed by atoms with Gasteiger partial charge < -0.3 is 9.64 Å². The van der Waals surface area contributed by atoms with Crippen molar-refractivity contribution >= 4 is 11.8 Å². The first-order chi connectivity index (χ1) is 8.99. The van der Waals surface area contributed by atoms with Crippen LogP contribution in [0.4, 0.5) is 19.3 Å². The Morgan fingerprint density at radius 2 is 1.89 bits per heavy atom. The third-order valence-electron chi connectivity index (χ3n) is 2.76. The zero-order valence-corrected chi connectivity index (χ0v) is 9.77. The van der Waals surface area contributed by atoms with Gasteiger partial charge in [0.1, 0.15) is 0 Å². The summed E-state index contributed by atoms with van der Waals surface area (Å²) in [6, 6.07) is 0.892. The average Bonchev–Trinajstić information content (AvgIpc) is 2.85. The highest BCUT2D eigenvalue weighted by Crippen LogP contribution is 2.27. The standard InChI is InChI=1S/C11H10F2N2O4/c12-7-5-8(13)10(6-9(7)15(17)18)19-11(16)14-3-1-2-4-14/h5-6H,1-4H2. The highest BCUT2D eigenvalue weighted by Gasteiger charge is 2.24. The summed E-state index contributed by atoms with van der Waals surface area (Å²) in [5.74, 6) is -3.12. The van der Waals surface area contributed by atoms with E-state index in [2.05, 4.69) is 0 Å². The van der Waals surface area contributed by atoms with E-state index in [1.165, 1.54) is 4.90 Å². The van der Waals surface area contributed by atoms with Gasteiger partial charge in [-0.3, -0.25) is 10.1 Å². The zero-order chi connectivity index (χ0) is 14.0. The zero-order valence-electron chi connectivity index (χ0n) is 9.77. The Hall–Kier alpha value is -2.25. The fourth-order valence-corrected chi connectivity index (χ4v) is 1.79. The first-order valence-corrected chi connectivity index (χ1v) is 5.59. The molecule has 1 fully saturated rings. The van der Waals surface area contributed by atoms with E-state index in [4.69, 9.17) is 4.74 Å². The smallest absolute Gasteiger partial charge is 0.407 e. The minimum absolute atomic E-state index is 0.324. The Morgan fingerprint density at radius 1 is 1.26 bits per heavy atom. The molecular formula is C11H10F2N2O4. The second-order valence-corrected chi connectivity index (χ2v) is 4.05. The van der Waals surface area contributed by atoms with E-state index < -0.39 is 34.1 Å². The summed E-state index contributed by atoms with van der Waals surface area (Å²) in [4.78, 5) is 22.5. The molecule has 19 heavy (non-hydrogen) atoms. The number of nitrogens with zero attached hydrogens (tertiary/aromatic N) is 2. The van der Waals surface area contributed by atoms with Crippen LogP contribution in [0.5, 0.6) is 5.75 Å². The van der Waals surface area contributed by atoms with Crippen LogP contribution in [0.15, 0.2) is 12.1 Å². The molecule has 1 aromatic carbocycles. The van der Waals surface area contributed by atoms with Crippen molar-refractivity contribution in [3.05, 3.63) is 33.9 Å². The molecule has 0 radical (unpaired) electrons. The van der Waals surface area contributed by atoms with Crippen molar-refractivity contribution in [1.29, 1.82) is 0 Å². The fraction of sp³-hybridized carbons (Fsp3) is 0.364. The van der Waals surface area contributed by atoms with Crippen LogP contribution in [0, 0.1) is 21.7 Å².